The number of fused-ring (bicyclic) bond motifs is 1. The molecule has 2 fully saturated rings. The number of hydrogen-bond donors (Lipinski definition) is 1. The summed E-state index contributed by atoms with van der Waals surface area (Å²) in [4.78, 5) is 29.7. The number of nitrogens with one attached hydrogen (secondary N) is 1. The van der Waals surface area contributed by atoms with Crippen LogP contribution in [0.1, 0.15) is 85.4 Å². The fraction of sp³-hybridized carbons (Fsp3) is 0.520. The van der Waals surface area contributed by atoms with Crippen LogP contribution in [-0.4, -0.2) is 28.3 Å². The number of amides is 2. The lowest BCUT2D eigenvalue weighted by atomic mass is 9.64. The van der Waals surface area contributed by atoms with E-state index in [2.05, 4.69) is 10.2 Å². The zero-order chi connectivity index (χ0) is 20.6. The molecule has 2 aliphatic carbocycles. The van der Waals surface area contributed by atoms with Crippen LogP contribution in [-0.2, 0) is 11.3 Å². The monoisotopic (exact) mass is 406 g/mol. The van der Waals surface area contributed by atoms with Gasteiger partial charge in [0.1, 0.15) is 5.76 Å². The average molecular weight is 407 g/mol. The molecule has 2 amide bonds. The molecule has 2 heterocycles. The third-order valence-electron chi connectivity index (χ3n) is 7.43. The number of benzene rings is 1. The maximum Gasteiger partial charge on any atom is 0.254 e. The predicted molar refractivity (Wildman–Crippen MR) is 114 cm³/mol. The molecular weight excluding hydrogens is 376 g/mol. The fourth-order valence-electron chi connectivity index (χ4n) is 6.16. The van der Waals surface area contributed by atoms with Gasteiger partial charge in [-0.2, -0.15) is 0 Å². The fourth-order valence-corrected chi connectivity index (χ4v) is 6.16. The molecule has 0 radical (unpaired) electrons. The maximum absolute atomic E-state index is 13.8. The first-order chi connectivity index (χ1) is 14.7. The third kappa shape index (κ3) is 3.15. The zero-order valence-corrected chi connectivity index (χ0v) is 17.4. The quantitative estimate of drug-likeness (QED) is 0.795. The van der Waals surface area contributed by atoms with Crippen molar-refractivity contribution >= 4 is 11.8 Å². The lowest BCUT2D eigenvalue weighted by Gasteiger charge is -2.56. The highest BCUT2D eigenvalue weighted by molar-refractivity contribution is 6.02. The predicted octanol–water partition coefficient (Wildman–Crippen LogP) is 4.78. The van der Waals surface area contributed by atoms with Gasteiger partial charge in [0.15, 0.2) is 0 Å². The number of rotatable bonds is 4. The van der Waals surface area contributed by atoms with E-state index < -0.39 is 5.54 Å². The molecule has 158 valence electrons. The van der Waals surface area contributed by atoms with Crippen molar-refractivity contribution in [3.05, 3.63) is 59.5 Å². The van der Waals surface area contributed by atoms with Crippen molar-refractivity contribution in [3.63, 3.8) is 0 Å². The normalized spacial score (nSPS) is 23.5. The highest BCUT2D eigenvalue weighted by Crippen LogP contribution is 2.51. The largest absolute Gasteiger partial charge is 0.467 e. The first kappa shape index (κ1) is 19.4. The molecule has 1 aromatic heterocycles. The minimum absolute atomic E-state index is 0.0104. The summed E-state index contributed by atoms with van der Waals surface area (Å²) >= 11 is 0. The molecule has 3 aliphatic rings. The molecule has 0 saturated heterocycles. The van der Waals surface area contributed by atoms with Gasteiger partial charge < -0.3 is 14.6 Å². The summed E-state index contributed by atoms with van der Waals surface area (Å²) in [5, 5.41) is 3.12. The third-order valence-corrected chi connectivity index (χ3v) is 7.43. The molecule has 2 saturated carbocycles. The van der Waals surface area contributed by atoms with Gasteiger partial charge in [0.2, 0.25) is 5.91 Å². The van der Waals surface area contributed by atoms with E-state index in [1.165, 1.54) is 19.3 Å². The Morgan fingerprint density at radius 2 is 1.80 bits per heavy atom. The van der Waals surface area contributed by atoms with Gasteiger partial charge in [-0.1, -0.05) is 50.3 Å². The van der Waals surface area contributed by atoms with Gasteiger partial charge in [0.25, 0.3) is 5.91 Å². The van der Waals surface area contributed by atoms with Gasteiger partial charge >= 0.3 is 0 Å². The maximum atomic E-state index is 13.8. The minimum Gasteiger partial charge on any atom is -0.467 e. The van der Waals surface area contributed by atoms with E-state index in [4.69, 9.17) is 4.42 Å². The molecule has 0 unspecified atom stereocenters. The second-order valence-electron chi connectivity index (χ2n) is 9.10. The van der Waals surface area contributed by atoms with Crippen LogP contribution >= 0.6 is 0 Å². The van der Waals surface area contributed by atoms with Crippen molar-refractivity contribution in [2.24, 2.45) is 0 Å². The van der Waals surface area contributed by atoms with E-state index in [-0.39, 0.29) is 23.8 Å². The van der Waals surface area contributed by atoms with Crippen LogP contribution in [0.3, 0.4) is 0 Å². The summed E-state index contributed by atoms with van der Waals surface area (Å²) in [5.41, 5.74) is 1.20. The first-order valence-corrected chi connectivity index (χ1v) is 11.4. The average Bonchev–Trinajstić information content (AvgIpc) is 3.48. The molecule has 30 heavy (non-hydrogen) atoms. The van der Waals surface area contributed by atoms with Crippen LogP contribution in [0.25, 0.3) is 0 Å². The Labute approximate surface area is 177 Å². The highest BCUT2D eigenvalue weighted by atomic mass is 16.3. The van der Waals surface area contributed by atoms with Gasteiger partial charge in [-0.05, 0) is 49.4 Å². The van der Waals surface area contributed by atoms with Crippen molar-refractivity contribution in [3.8, 4) is 0 Å². The number of carbonyl (C=O) groups is 2. The van der Waals surface area contributed by atoms with E-state index in [0.717, 1.165) is 49.8 Å². The van der Waals surface area contributed by atoms with Gasteiger partial charge in [0.05, 0.1) is 24.3 Å². The van der Waals surface area contributed by atoms with Crippen LogP contribution in [0, 0.1) is 0 Å². The standard InChI is InChI=1S/C25H30N2O3/c28-23(26-17-19-11-8-16-30-19)22-20-12-4-5-13-21(20)24(29)27(18-9-2-3-10-18)25(22)14-6-1-7-15-25/h4-5,8,11-13,16,18,22H,1-3,6-7,9-10,14-15,17H2,(H,26,28)/t22-/m1/s1. The summed E-state index contributed by atoms with van der Waals surface area (Å²) in [5.74, 6) is 0.557. The van der Waals surface area contributed by atoms with Crippen LogP contribution < -0.4 is 5.32 Å². The second-order valence-corrected chi connectivity index (χ2v) is 9.10. The Kier molecular flexibility index (Phi) is 5.13. The van der Waals surface area contributed by atoms with Crippen molar-refractivity contribution in [1.29, 1.82) is 0 Å². The van der Waals surface area contributed by atoms with Gasteiger partial charge in [0, 0.05) is 11.6 Å². The Bertz CT molecular complexity index is 908. The zero-order valence-electron chi connectivity index (χ0n) is 17.4. The van der Waals surface area contributed by atoms with Crippen LogP contribution in [0.5, 0.6) is 0 Å². The van der Waals surface area contributed by atoms with E-state index in [9.17, 15) is 9.59 Å². The SMILES string of the molecule is O=C(NCc1ccco1)[C@H]1c2ccccc2C(=O)N(C2CCCC2)C12CCCCC2. The van der Waals surface area contributed by atoms with Crippen molar-refractivity contribution in [2.75, 3.05) is 0 Å². The molecular formula is C25H30N2O3. The van der Waals surface area contributed by atoms with Crippen molar-refractivity contribution in [2.45, 2.75) is 81.8 Å². The van der Waals surface area contributed by atoms with E-state index in [0.29, 0.717) is 12.1 Å². The van der Waals surface area contributed by atoms with E-state index >= 15 is 0 Å². The molecule has 1 aliphatic heterocycles. The molecule has 1 spiro atoms. The summed E-state index contributed by atoms with van der Waals surface area (Å²) in [6.45, 7) is 0.373. The molecule has 1 N–H and O–H groups in total. The molecule has 5 rings (SSSR count). The smallest absolute Gasteiger partial charge is 0.254 e. The lowest BCUT2D eigenvalue weighted by molar-refractivity contribution is -0.128. The van der Waals surface area contributed by atoms with Crippen molar-refractivity contribution in [1.82, 2.24) is 10.2 Å². The van der Waals surface area contributed by atoms with E-state index in [1.54, 1.807) is 6.26 Å². The topological polar surface area (TPSA) is 62.6 Å². The Hall–Kier alpha value is -2.56. The summed E-state index contributed by atoms with van der Waals surface area (Å²) in [6, 6.07) is 11.7. The van der Waals surface area contributed by atoms with E-state index in [1.807, 2.05) is 36.4 Å². The molecule has 1 atom stereocenters. The minimum atomic E-state index is -0.411. The van der Waals surface area contributed by atoms with Crippen molar-refractivity contribution < 1.29 is 14.0 Å². The first-order valence-electron chi connectivity index (χ1n) is 11.4. The van der Waals surface area contributed by atoms with Gasteiger partial charge in [-0.3, -0.25) is 9.59 Å². The van der Waals surface area contributed by atoms with Gasteiger partial charge in [-0.25, -0.2) is 0 Å². The molecule has 0 bridgehead atoms. The molecule has 1 aromatic carbocycles. The molecule has 5 heteroatoms. The number of carbonyl (C=O) groups excluding carboxylic acids is 2. The van der Waals surface area contributed by atoms with Crippen LogP contribution in [0.15, 0.2) is 47.1 Å². The van der Waals surface area contributed by atoms with Crippen LogP contribution in [0.2, 0.25) is 0 Å². The summed E-state index contributed by atoms with van der Waals surface area (Å²) in [7, 11) is 0. The molecule has 5 nitrogen and oxygen atoms in total. The Morgan fingerprint density at radius 3 is 2.53 bits per heavy atom. The number of nitrogens with zero attached hydrogens (tertiary/aromatic N) is 1. The summed E-state index contributed by atoms with van der Waals surface area (Å²) in [6.07, 6.45) is 11.2. The van der Waals surface area contributed by atoms with Crippen LogP contribution in [0.4, 0.5) is 0 Å². The number of furan rings is 1. The molecule has 2 aromatic rings. The summed E-state index contributed by atoms with van der Waals surface area (Å²) < 4.78 is 5.42. The Balaban J connectivity index is 1.58. The highest BCUT2D eigenvalue weighted by Gasteiger charge is 2.56. The number of hydrogen-bond acceptors (Lipinski definition) is 3. The second kappa shape index (κ2) is 7.93. The lowest BCUT2D eigenvalue weighted by Crippen LogP contribution is -2.65. The Morgan fingerprint density at radius 1 is 1.03 bits per heavy atom. The van der Waals surface area contributed by atoms with Gasteiger partial charge in [-0.15, -0.1) is 0 Å².